The maximum atomic E-state index is 13.2. The number of likely N-dealkylation sites (tertiary alicyclic amines) is 1. The summed E-state index contributed by atoms with van der Waals surface area (Å²) in [7, 11) is 3.70. The number of ether oxygens (including phenoxy) is 1. The van der Waals surface area contributed by atoms with Crippen molar-refractivity contribution in [2.75, 3.05) is 26.7 Å². The number of nitrogens with zero attached hydrogens (tertiary/aromatic N) is 3. The Bertz CT molecular complexity index is 868. The molecule has 6 heteroatoms. The summed E-state index contributed by atoms with van der Waals surface area (Å²) in [4.78, 5) is 15.3. The topological polar surface area (TPSA) is 59.4 Å². The van der Waals surface area contributed by atoms with Crippen molar-refractivity contribution in [3.05, 3.63) is 46.8 Å². The Labute approximate surface area is 179 Å². The highest BCUT2D eigenvalue weighted by Gasteiger charge is 2.30. The summed E-state index contributed by atoms with van der Waals surface area (Å²) in [5, 5.41) is 8.37. The highest BCUT2D eigenvalue weighted by Crippen LogP contribution is 2.26. The van der Waals surface area contributed by atoms with Crippen molar-refractivity contribution in [2.24, 2.45) is 7.05 Å². The lowest BCUT2D eigenvalue weighted by Crippen LogP contribution is -2.37. The van der Waals surface area contributed by atoms with Crippen LogP contribution in [0.1, 0.15) is 59.4 Å². The molecule has 1 aliphatic heterocycles. The minimum atomic E-state index is 0.128. The molecule has 6 nitrogen and oxygen atoms in total. The Balaban J connectivity index is 1.41. The van der Waals surface area contributed by atoms with Gasteiger partial charge in [0.25, 0.3) is 5.91 Å². The highest BCUT2D eigenvalue weighted by molar-refractivity contribution is 5.94. The first-order valence-electron chi connectivity index (χ1n) is 11.4. The van der Waals surface area contributed by atoms with Crippen LogP contribution < -0.4 is 10.1 Å². The van der Waals surface area contributed by atoms with Crippen LogP contribution >= 0.6 is 0 Å². The van der Waals surface area contributed by atoms with Crippen LogP contribution in [0.2, 0.25) is 0 Å². The van der Waals surface area contributed by atoms with E-state index in [1.807, 2.05) is 28.8 Å². The Morgan fingerprint density at radius 2 is 1.97 bits per heavy atom. The average Bonchev–Trinajstić information content (AvgIpc) is 2.94. The Morgan fingerprint density at radius 3 is 2.73 bits per heavy atom. The number of amides is 1. The first-order valence-corrected chi connectivity index (χ1v) is 11.4. The van der Waals surface area contributed by atoms with Gasteiger partial charge in [-0.2, -0.15) is 5.10 Å². The predicted molar refractivity (Wildman–Crippen MR) is 118 cm³/mol. The molecule has 1 amide bonds. The number of carbonyl (C=O) groups is 1. The van der Waals surface area contributed by atoms with Crippen LogP contribution in [0.15, 0.2) is 24.3 Å². The first-order chi connectivity index (χ1) is 14.7. The van der Waals surface area contributed by atoms with Gasteiger partial charge in [0.15, 0.2) is 5.69 Å². The van der Waals surface area contributed by atoms with E-state index in [0.717, 1.165) is 69.5 Å². The molecule has 162 valence electrons. The minimum Gasteiger partial charge on any atom is -0.496 e. The summed E-state index contributed by atoms with van der Waals surface area (Å²) in [6.07, 6.45) is 8.52. The lowest BCUT2D eigenvalue weighted by atomic mass is 9.91. The van der Waals surface area contributed by atoms with Crippen LogP contribution in [0, 0.1) is 0 Å². The number of rotatable bonds is 6. The van der Waals surface area contributed by atoms with Gasteiger partial charge < -0.3 is 15.0 Å². The smallest absolute Gasteiger partial charge is 0.274 e. The lowest BCUT2D eigenvalue weighted by molar-refractivity contribution is 0.0753. The van der Waals surface area contributed by atoms with Crippen molar-refractivity contribution in [3.63, 3.8) is 0 Å². The second-order valence-corrected chi connectivity index (χ2v) is 8.56. The molecule has 0 saturated carbocycles. The predicted octanol–water partition coefficient (Wildman–Crippen LogP) is 3.13. The zero-order valence-electron chi connectivity index (χ0n) is 18.3. The summed E-state index contributed by atoms with van der Waals surface area (Å²) in [6.45, 7) is 2.63. The Morgan fingerprint density at radius 1 is 1.20 bits per heavy atom. The van der Waals surface area contributed by atoms with Crippen LogP contribution in [-0.4, -0.2) is 53.4 Å². The largest absolute Gasteiger partial charge is 0.496 e. The highest BCUT2D eigenvalue weighted by atomic mass is 16.5. The zero-order valence-corrected chi connectivity index (χ0v) is 18.3. The van der Waals surface area contributed by atoms with Gasteiger partial charge in [-0.1, -0.05) is 31.0 Å². The molecule has 2 aliphatic rings. The molecule has 1 N–H and O–H groups in total. The second-order valence-electron chi connectivity index (χ2n) is 8.56. The third kappa shape index (κ3) is 4.53. The molecule has 30 heavy (non-hydrogen) atoms. The SMILES string of the molecule is COc1ccccc1CCNC1CCc2c(c(C(=O)N3CCCCCC3)nn2C)C1. The number of benzene rings is 1. The maximum Gasteiger partial charge on any atom is 0.274 e. The van der Waals surface area contributed by atoms with Crippen LogP contribution in [0.3, 0.4) is 0 Å². The molecule has 1 aliphatic carbocycles. The van der Waals surface area contributed by atoms with Crippen LogP contribution in [0.25, 0.3) is 0 Å². The van der Waals surface area contributed by atoms with E-state index in [4.69, 9.17) is 4.74 Å². The number of aryl methyl sites for hydroxylation is 1. The normalized spacial score (nSPS) is 19.3. The van der Waals surface area contributed by atoms with E-state index in [2.05, 4.69) is 22.5 Å². The summed E-state index contributed by atoms with van der Waals surface area (Å²) in [5.41, 5.74) is 4.30. The van der Waals surface area contributed by atoms with Crippen molar-refractivity contribution >= 4 is 5.91 Å². The molecule has 0 spiro atoms. The monoisotopic (exact) mass is 410 g/mol. The molecule has 1 saturated heterocycles. The molecular formula is C24H34N4O2. The van der Waals surface area contributed by atoms with Crippen molar-refractivity contribution in [1.29, 1.82) is 0 Å². The van der Waals surface area contributed by atoms with Gasteiger partial charge in [0.1, 0.15) is 5.75 Å². The number of carbonyl (C=O) groups excluding carboxylic acids is 1. The third-order valence-electron chi connectivity index (χ3n) is 6.57. The van der Waals surface area contributed by atoms with Gasteiger partial charge >= 0.3 is 0 Å². The van der Waals surface area contributed by atoms with Gasteiger partial charge in [-0.05, 0) is 56.7 Å². The Hall–Kier alpha value is -2.34. The van der Waals surface area contributed by atoms with Gasteiger partial charge in [-0.3, -0.25) is 9.48 Å². The standard InChI is InChI=1S/C24H34N4O2/c1-27-21-12-11-19(25-14-13-18-9-5-6-10-22(18)30-2)17-20(21)23(26-27)24(29)28-15-7-3-4-8-16-28/h5-6,9-10,19,25H,3-4,7-8,11-17H2,1-2H3. The molecular weight excluding hydrogens is 376 g/mol. The summed E-state index contributed by atoms with van der Waals surface area (Å²) in [5.74, 6) is 1.08. The number of para-hydroxylation sites is 1. The molecule has 1 unspecified atom stereocenters. The van der Waals surface area contributed by atoms with Gasteiger partial charge in [0.05, 0.1) is 7.11 Å². The quantitative estimate of drug-likeness (QED) is 0.795. The number of aromatic nitrogens is 2. The molecule has 1 aromatic heterocycles. The van der Waals surface area contributed by atoms with Gasteiger partial charge in [0.2, 0.25) is 0 Å². The zero-order chi connectivity index (χ0) is 20.9. The fourth-order valence-corrected chi connectivity index (χ4v) is 4.88. The third-order valence-corrected chi connectivity index (χ3v) is 6.57. The molecule has 2 heterocycles. The number of hydrogen-bond donors (Lipinski definition) is 1. The van der Waals surface area contributed by atoms with Crippen LogP contribution in [-0.2, 0) is 26.3 Å². The Kier molecular flexibility index (Phi) is 6.72. The van der Waals surface area contributed by atoms with Gasteiger partial charge in [-0.15, -0.1) is 0 Å². The van der Waals surface area contributed by atoms with Crippen LogP contribution in [0.4, 0.5) is 0 Å². The molecule has 4 rings (SSSR count). The van der Waals surface area contributed by atoms with E-state index >= 15 is 0 Å². The van der Waals surface area contributed by atoms with Crippen molar-refractivity contribution < 1.29 is 9.53 Å². The molecule has 1 atom stereocenters. The lowest BCUT2D eigenvalue weighted by Gasteiger charge is -2.25. The van der Waals surface area contributed by atoms with E-state index in [0.29, 0.717) is 11.7 Å². The van der Waals surface area contributed by atoms with E-state index in [1.165, 1.54) is 24.1 Å². The second kappa shape index (κ2) is 9.65. The minimum absolute atomic E-state index is 0.128. The molecule has 0 radical (unpaired) electrons. The van der Waals surface area contributed by atoms with Gasteiger partial charge in [0, 0.05) is 37.4 Å². The van der Waals surface area contributed by atoms with Crippen molar-refractivity contribution in [2.45, 2.75) is 57.4 Å². The van der Waals surface area contributed by atoms with E-state index in [1.54, 1.807) is 7.11 Å². The molecule has 1 aromatic carbocycles. The summed E-state index contributed by atoms with van der Waals surface area (Å²) >= 11 is 0. The fraction of sp³-hybridized carbons (Fsp3) is 0.583. The van der Waals surface area contributed by atoms with Crippen molar-refractivity contribution in [3.8, 4) is 5.75 Å². The van der Waals surface area contributed by atoms with Crippen LogP contribution in [0.5, 0.6) is 5.75 Å². The van der Waals surface area contributed by atoms with E-state index in [9.17, 15) is 4.79 Å². The number of hydrogen-bond acceptors (Lipinski definition) is 4. The summed E-state index contributed by atoms with van der Waals surface area (Å²) < 4.78 is 7.40. The number of nitrogens with one attached hydrogen (secondary N) is 1. The molecule has 1 fully saturated rings. The number of fused-ring (bicyclic) bond motifs is 1. The number of methoxy groups -OCH3 is 1. The van der Waals surface area contributed by atoms with Gasteiger partial charge in [-0.25, -0.2) is 0 Å². The first kappa shape index (κ1) is 20.9. The fourth-order valence-electron chi connectivity index (χ4n) is 4.88. The van der Waals surface area contributed by atoms with Crippen molar-refractivity contribution in [1.82, 2.24) is 20.0 Å². The average molecular weight is 411 g/mol. The van der Waals surface area contributed by atoms with E-state index < -0.39 is 0 Å². The molecule has 2 aromatic rings. The maximum absolute atomic E-state index is 13.2. The summed E-state index contributed by atoms with van der Waals surface area (Å²) in [6, 6.07) is 8.58. The van der Waals surface area contributed by atoms with E-state index in [-0.39, 0.29) is 5.91 Å². The molecule has 0 bridgehead atoms.